The first kappa shape index (κ1) is 11.7. The molecule has 1 heterocycles. The number of fused-ring (bicyclic) bond motifs is 1. The SMILES string of the molecule is CN(C(=O)CCl)c1ccc2oc(=O)ccc2c1. The van der Waals surface area contributed by atoms with Crippen molar-refractivity contribution in [2.45, 2.75) is 0 Å². The molecule has 1 aromatic carbocycles. The van der Waals surface area contributed by atoms with Crippen molar-refractivity contribution in [2.24, 2.45) is 0 Å². The number of rotatable bonds is 2. The first-order valence-corrected chi connectivity index (χ1v) is 5.51. The molecule has 1 amide bonds. The molecule has 1 aromatic heterocycles. The summed E-state index contributed by atoms with van der Waals surface area (Å²) < 4.78 is 5.00. The minimum absolute atomic E-state index is 0.0710. The van der Waals surface area contributed by atoms with E-state index >= 15 is 0 Å². The largest absolute Gasteiger partial charge is 0.423 e. The van der Waals surface area contributed by atoms with Gasteiger partial charge in [0.1, 0.15) is 11.5 Å². The summed E-state index contributed by atoms with van der Waals surface area (Å²) in [6.07, 6.45) is 0. The Hall–Kier alpha value is -1.81. The zero-order valence-corrected chi connectivity index (χ0v) is 9.90. The lowest BCUT2D eigenvalue weighted by Gasteiger charge is -2.16. The molecule has 4 nitrogen and oxygen atoms in total. The molecule has 2 aromatic rings. The Morgan fingerprint density at radius 1 is 1.35 bits per heavy atom. The number of carbonyl (C=O) groups excluding carboxylic acids is 1. The lowest BCUT2D eigenvalue weighted by molar-refractivity contribution is -0.116. The molecule has 17 heavy (non-hydrogen) atoms. The van der Waals surface area contributed by atoms with Gasteiger partial charge in [0.2, 0.25) is 5.91 Å². The predicted octanol–water partition coefficient (Wildman–Crippen LogP) is 1.99. The van der Waals surface area contributed by atoms with E-state index in [2.05, 4.69) is 0 Å². The van der Waals surface area contributed by atoms with Gasteiger partial charge in [-0.2, -0.15) is 0 Å². The molecule has 0 saturated carbocycles. The first-order chi connectivity index (χ1) is 8.11. The van der Waals surface area contributed by atoms with Crippen molar-refractivity contribution in [1.29, 1.82) is 0 Å². The van der Waals surface area contributed by atoms with Crippen LogP contribution in [0, 0.1) is 0 Å². The standard InChI is InChI=1S/C12H10ClNO3/c1-14(11(15)7-13)9-3-4-10-8(6-9)2-5-12(16)17-10/h2-6H,7H2,1H3. The van der Waals surface area contributed by atoms with Crippen LogP contribution in [0.3, 0.4) is 0 Å². The highest BCUT2D eigenvalue weighted by molar-refractivity contribution is 6.29. The smallest absolute Gasteiger partial charge is 0.336 e. The number of benzene rings is 1. The molecule has 88 valence electrons. The maximum atomic E-state index is 11.4. The fraction of sp³-hybridized carbons (Fsp3) is 0.167. The van der Waals surface area contributed by atoms with Crippen LogP contribution in [-0.2, 0) is 4.79 Å². The van der Waals surface area contributed by atoms with E-state index in [0.717, 1.165) is 5.39 Å². The van der Waals surface area contributed by atoms with E-state index in [4.69, 9.17) is 16.0 Å². The van der Waals surface area contributed by atoms with Gasteiger partial charge in [0.15, 0.2) is 0 Å². The number of halogens is 1. The van der Waals surface area contributed by atoms with Crippen molar-refractivity contribution < 1.29 is 9.21 Å². The van der Waals surface area contributed by atoms with E-state index in [9.17, 15) is 9.59 Å². The molecule has 0 N–H and O–H groups in total. The van der Waals surface area contributed by atoms with Crippen LogP contribution in [0.25, 0.3) is 11.0 Å². The summed E-state index contributed by atoms with van der Waals surface area (Å²) >= 11 is 5.48. The number of amides is 1. The number of anilines is 1. The summed E-state index contributed by atoms with van der Waals surface area (Å²) in [6, 6.07) is 8.13. The van der Waals surface area contributed by atoms with Crippen molar-refractivity contribution >= 4 is 34.2 Å². The highest BCUT2D eigenvalue weighted by Gasteiger charge is 2.10. The molecule has 0 radical (unpaired) electrons. The van der Waals surface area contributed by atoms with Crippen LogP contribution in [0.5, 0.6) is 0 Å². The maximum Gasteiger partial charge on any atom is 0.336 e. The number of hydrogen-bond acceptors (Lipinski definition) is 3. The summed E-state index contributed by atoms with van der Waals surface area (Å²) in [4.78, 5) is 23.9. The Bertz CT molecular complexity index is 620. The molecule has 0 aliphatic carbocycles. The highest BCUT2D eigenvalue weighted by atomic mass is 35.5. The second kappa shape index (κ2) is 4.59. The number of nitrogens with zero attached hydrogens (tertiary/aromatic N) is 1. The fourth-order valence-corrected chi connectivity index (χ4v) is 1.68. The number of carbonyl (C=O) groups is 1. The van der Waals surface area contributed by atoms with Gasteiger partial charge in [0.25, 0.3) is 0 Å². The summed E-state index contributed by atoms with van der Waals surface area (Å²) in [5.74, 6) is -0.262. The minimum atomic E-state index is -0.393. The van der Waals surface area contributed by atoms with Crippen molar-refractivity contribution in [3.63, 3.8) is 0 Å². The zero-order chi connectivity index (χ0) is 12.4. The lowest BCUT2D eigenvalue weighted by atomic mass is 10.2. The molecule has 0 fully saturated rings. The van der Waals surface area contributed by atoms with Crippen molar-refractivity contribution in [3.8, 4) is 0 Å². The van der Waals surface area contributed by atoms with Crippen LogP contribution >= 0.6 is 11.6 Å². The monoisotopic (exact) mass is 251 g/mol. The van der Waals surface area contributed by atoms with Crippen LogP contribution < -0.4 is 10.5 Å². The molecule has 0 saturated heterocycles. The summed E-state index contributed by atoms with van der Waals surface area (Å²) in [5.41, 5.74) is 0.806. The second-order valence-corrected chi connectivity index (χ2v) is 3.83. The van der Waals surface area contributed by atoms with Gasteiger partial charge in [-0.3, -0.25) is 4.79 Å². The van der Waals surface area contributed by atoms with E-state index in [1.165, 1.54) is 11.0 Å². The average Bonchev–Trinajstić information content (AvgIpc) is 2.36. The quantitative estimate of drug-likeness (QED) is 0.606. The number of alkyl halides is 1. The van der Waals surface area contributed by atoms with Gasteiger partial charge < -0.3 is 9.32 Å². The van der Waals surface area contributed by atoms with Crippen LogP contribution in [0.2, 0.25) is 0 Å². The number of hydrogen-bond donors (Lipinski definition) is 0. The Kier molecular flexibility index (Phi) is 3.15. The zero-order valence-electron chi connectivity index (χ0n) is 9.14. The van der Waals surface area contributed by atoms with E-state index in [1.54, 1.807) is 31.3 Å². The van der Waals surface area contributed by atoms with E-state index < -0.39 is 5.63 Å². The van der Waals surface area contributed by atoms with Gasteiger partial charge in [-0.25, -0.2) is 4.79 Å². The topological polar surface area (TPSA) is 50.5 Å². The maximum absolute atomic E-state index is 11.4. The Balaban J connectivity index is 2.48. The normalized spacial score (nSPS) is 10.5. The first-order valence-electron chi connectivity index (χ1n) is 4.98. The van der Waals surface area contributed by atoms with Crippen molar-refractivity contribution in [3.05, 3.63) is 40.8 Å². The summed E-state index contributed by atoms with van der Waals surface area (Å²) in [5, 5.41) is 0.760. The van der Waals surface area contributed by atoms with Gasteiger partial charge in [-0.05, 0) is 24.3 Å². The van der Waals surface area contributed by atoms with Gasteiger partial charge in [0, 0.05) is 24.2 Å². The third kappa shape index (κ3) is 2.31. The van der Waals surface area contributed by atoms with Crippen molar-refractivity contribution in [2.75, 3.05) is 17.8 Å². The van der Waals surface area contributed by atoms with Gasteiger partial charge >= 0.3 is 5.63 Å². The third-order valence-corrected chi connectivity index (χ3v) is 2.71. The molecule has 0 spiro atoms. The van der Waals surface area contributed by atoms with Crippen molar-refractivity contribution in [1.82, 2.24) is 0 Å². The Morgan fingerprint density at radius 3 is 2.82 bits per heavy atom. The molecule has 0 aliphatic rings. The summed E-state index contributed by atoms with van der Waals surface area (Å²) in [7, 11) is 1.64. The third-order valence-electron chi connectivity index (χ3n) is 2.48. The molecular weight excluding hydrogens is 242 g/mol. The van der Waals surface area contributed by atoms with E-state index in [0.29, 0.717) is 11.3 Å². The lowest BCUT2D eigenvalue weighted by Crippen LogP contribution is -2.27. The van der Waals surface area contributed by atoms with E-state index in [1.807, 2.05) is 0 Å². The van der Waals surface area contributed by atoms with Gasteiger partial charge in [-0.1, -0.05) is 0 Å². The molecule has 0 unspecified atom stereocenters. The van der Waals surface area contributed by atoms with Crippen LogP contribution in [0.15, 0.2) is 39.5 Å². The highest BCUT2D eigenvalue weighted by Crippen LogP contribution is 2.20. The fourth-order valence-electron chi connectivity index (χ4n) is 1.50. The van der Waals surface area contributed by atoms with Crippen LogP contribution in [-0.4, -0.2) is 18.8 Å². The second-order valence-electron chi connectivity index (χ2n) is 3.56. The molecule has 0 atom stereocenters. The Labute approximate surface area is 102 Å². The van der Waals surface area contributed by atoms with Crippen LogP contribution in [0.1, 0.15) is 0 Å². The molecule has 0 bridgehead atoms. The van der Waals surface area contributed by atoms with Crippen LogP contribution in [0.4, 0.5) is 5.69 Å². The molecule has 2 rings (SSSR count). The Morgan fingerprint density at radius 2 is 2.12 bits per heavy atom. The molecule has 0 aliphatic heterocycles. The van der Waals surface area contributed by atoms with E-state index in [-0.39, 0.29) is 11.8 Å². The van der Waals surface area contributed by atoms with Gasteiger partial charge in [0.05, 0.1) is 0 Å². The minimum Gasteiger partial charge on any atom is -0.423 e. The average molecular weight is 252 g/mol. The van der Waals surface area contributed by atoms with Gasteiger partial charge in [-0.15, -0.1) is 11.6 Å². The predicted molar refractivity (Wildman–Crippen MR) is 66.6 cm³/mol. The molecule has 5 heteroatoms. The molecular formula is C12H10ClNO3. The summed E-state index contributed by atoms with van der Waals surface area (Å²) in [6.45, 7) is 0.